The van der Waals surface area contributed by atoms with Crippen molar-refractivity contribution in [2.75, 3.05) is 27.7 Å². The van der Waals surface area contributed by atoms with Gasteiger partial charge in [0, 0.05) is 24.2 Å². The van der Waals surface area contributed by atoms with Gasteiger partial charge in [-0.05, 0) is 51.7 Å². The van der Waals surface area contributed by atoms with Gasteiger partial charge in [0.05, 0.1) is 24.9 Å². The first-order valence-electron chi connectivity index (χ1n) is 9.32. The zero-order valence-corrected chi connectivity index (χ0v) is 17.0. The highest BCUT2D eigenvalue weighted by Crippen LogP contribution is 2.22. The van der Waals surface area contributed by atoms with Crippen LogP contribution in [0.5, 0.6) is 5.75 Å². The summed E-state index contributed by atoms with van der Waals surface area (Å²) in [5.41, 5.74) is 2.39. The zero-order valence-electron chi connectivity index (χ0n) is 17.0. The minimum atomic E-state index is -0.151. The van der Waals surface area contributed by atoms with Crippen LogP contribution in [0, 0.1) is 0 Å². The lowest BCUT2D eigenvalue weighted by Gasteiger charge is -2.25. The van der Waals surface area contributed by atoms with E-state index >= 15 is 0 Å². The summed E-state index contributed by atoms with van der Waals surface area (Å²) in [5, 5.41) is 8.23. The molecule has 0 radical (unpaired) electrons. The third-order valence-electron chi connectivity index (χ3n) is 4.74. The van der Waals surface area contributed by atoms with Crippen molar-refractivity contribution in [3.63, 3.8) is 0 Å². The van der Waals surface area contributed by atoms with E-state index in [1.54, 1.807) is 19.5 Å². The van der Waals surface area contributed by atoms with E-state index in [1.165, 1.54) is 0 Å². The first-order valence-corrected chi connectivity index (χ1v) is 9.32. The molecule has 0 aliphatic rings. The fourth-order valence-electron chi connectivity index (χ4n) is 3.18. The predicted molar refractivity (Wildman–Crippen MR) is 110 cm³/mol. The lowest BCUT2D eigenvalue weighted by Crippen LogP contribution is -2.34. The Labute approximate surface area is 165 Å². The van der Waals surface area contributed by atoms with E-state index in [-0.39, 0.29) is 18.0 Å². The van der Waals surface area contributed by atoms with E-state index in [0.717, 1.165) is 22.3 Å². The van der Waals surface area contributed by atoms with Gasteiger partial charge in [0.1, 0.15) is 5.75 Å². The molecule has 148 valence electrons. The number of hydrogen-bond donors (Lipinski definition) is 1. The van der Waals surface area contributed by atoms with Crippen molar-refractivity contribution < 1.29 is 9.53 Å². The van der Waals surface area contributed by atoms with Gasteiger partial charge in [0.25, 0.3) is 5.91 Å². The molecule has 0 saturated heterocycles. The minimum absolute atomic E-state index is 0.0273. The quantitative estimate of drug-likeness (QED) is 0.681. The van der Waals surface area contributed by atoms with E-state index in [0.29, 0.717) is 12.1 Å². The molecule has 0 aliphatic carbocycles. The number of aromatic nitrogens is 3. The van der Waals surface area contributed by atoms with Crippen LogP contribution in [-0.4, -0.2) is 53.3 Å². The second-order valence-electron chi connectivity index (χ2n) is 7.29. The number of methoxy groups -OCH3 is 1. The van der Waals surface area contributed by atoms with Crippen LogP contribution < -0.4 is 10.1 Å². The second-order valence-corrected chi connectivity index (χ2v) is 7.29. The van der Waals surface area contributed by atoms with Gasteiger partial charge in [0.2, 0.25) is 0 Å². The Morgan fingerprint density at radius 1 is 1.25 bits per heavy atom. The number of likely N-dealkylation sites (N-methyl/N-ethyl adjacent to an activating group) is 1. The van der Waals surface area contributed by atoms with Gasteiger partial charge in [-0.2, -0.15) is 5.10 Å². The fourth-order valence-corrected chi connectivity index (χ4v) is 3.18. The van der Waals surface area contributed by atoms with E-state index in [2.05, 4.69) is 34.1 Å². The summed E-state index contributed by atoms with van der Waals surface area (Å²) in [5.74, 6) is 0.647. The summed E-state index contributed by atoms with van der Waals surface area (Å²) in [6, 6.07) is 9.97. The highest BCUT2D eigenvalue weighted by molar-refractivity contribution is 5.96. The summed E-state index contributed by atoms with van der Waals surface area (Å²) in [6.07, 6.45) is 3.35. The van der Waals surface area contributed by atoms with Crippen LogP contribution >= 0.6 is 0 Å². The molecule has 0 aliphatic heterocycles. The number of carbonyl (C=O) groups is 1. The van der Waals surface area contributed by atoms with Crippen LogP contribution in [-0.2, 0) is 0 Å². The van der Waals surface area contributed by atoms with Gasteiger partial charge in [-0.1, -0.05) is 12.1 Å². The van der Waals surface area contributed by atoms with E-state index in [4.69, 9.17) is 4.74 Å². The molecule has 1 amide bonds. The smallest absolute Gasteiger partial charge is 0.252 e. The number of benzene rings is 1. The molecular weight excluding hydrogens is 354 g/mol. The molecule has 3 rings (SSSR count). The van der Waals surface area contributed by atoms with Gasteiger partial charge >= 0.3 is 0 Å². The molecular formula is C21H27N5O2. The van der Waals surface area contributed by atoms with E-state index < -0.39 is 0 Å². The van der Waals surface area contributed by atoms with Crippen molar-refractivity contribution in [2.24, 2.45) is 0 Å². The topological polar surface area (TPSA) is 72.3 Å². The summed E-state index contributed by atoms with van der Waals surface area (Å²) in [6.45, 7) is 4.58. The van der Waals surface area contributed by atoms with Gasteiger partial charge < -0.3 is 15.0 Å². The number of nitrogens with one attached hydrogen (secondary N) is 1. The van der Waals surface area contributed by atoms with Crippen molar-refractivity contribution in [1.82, 2.24) is 25.0 Å². The largest absolute Gasteiger partial charge is 0.497 e. The molecule has 2 aromatic heterocycles. The Kier molecular flexibility index (Phi) is 5.94. The Morgan fingerprint density at radius 3 is 2.71 bits per heavy atom. The third kappa shape index (κ3) is 4.14. The van der Waals surface area contributed by atoms with Crippen molar-refractivity contribution in [2.45, 2.75) is 25.9 Å². The Bertz CT molecular complexity index is 964. The maximum absolute atomic E-state index is 12.7. The van der Waals surface area contributed by atoms with Crippen LogP contribution in [0.1, 0.15) is 41.9 Å². The molecule has 1 aromatic carbocycles. The summed E-state index contributed by atoms with van der Waals surface area (Å²) >= 11 is 0. The van der Waals surface area contributed by atoms with Crippen LogP contribution in [0.2, 0.25) is 0 Å². The molecule has 3 aromatic rings. The molecule has 0 fully saturated rings. The number of amides is 1. The van der Waals surface area contributed by atoms with Crippen LogP contribution in [0.25, 0.3) is 11.0 Å². The third-order valence-corrected chi connectivity index (χ3v) is 4.74. The van der Waals surface area contributed by atoms with Gasteiger partial charge in [-0.3, -0.25) is 4.79 Å². The van der Waals surface area contributed by atoms with E-state index in [1.807, 2.05) is 49.1 Å². The summed E-state index contributed by atoms with van der Waals surface area (Å²) < 4.78 is 7.17. The Balaban J connectivity index is 1.75. The highest BCUT2D eigenvalue weighted by atomic mass is 16.5. The summed E-state index contributed by atoms with van der Waals surface area (Å²) in [4.78, 5) is 19.2. The molecule has 0 saturated carbocycles. The van der Waals surface area contributed by atoms with Gasteiger partial charge in [-0.25, -0.2) is 9.67 Å². The van der Waals surface area contributed by atoms with Crippen molar-refractivity contribution >= 4 is 16.9 Å². The summed E-state index contributed by atoms with van der Waals surface area (Å²) in [7, 11) is 5.63. The number of rotatable bonds is 7. The SMILES string of the molecule is COc1cccc(C(CNC(=O)c2cnc3c(cnn3C(C)C)c2)N(C)C)c1. The first kappa shape index (κ1) is 19.8. The molecule has 0 bridgehead atoms. The molecule has 2 heterocycles. The number of pyridine rings is 1. The van der Waals surface area contributed by atoms with Gasteiger partial charge in [-0.15, -0.1) is 0 Å². The average molecular weight is 381 g/mol. The number of ether oxygens (including phenoxy) is 1. The fraction of sp³-hybridized carbons (Fsp3) is 0.381. The normalized spacial score (nSPS) is 12.5. The number of fused-ring (bicyclic) bond motifs is 1. The van der Waals surface area contributed by atoms with Crippen LogP contribution in [0.3, 0.4) is 0 Å². The number of nitrogens with zero attached hydrogens (tertiary/aromatic N) is 4. The molecule has 1 atom stereocenters. The van der Waals surface area contributed by atoms with Crippen molar-refractivity contribution in [3.8, 4) is 5.75 Å². The van der Waals surface area contributed by atoms with Crippen LogP contribution in [0.15, 0.2) is 42.7 Å². The monoisotopic (exact) mass is 381 g/mol. The lowest BCUT2D eigenvalue weighted by molar-refractivity contribution is 0.0941. The molecule has 7 heteroatoms. The number of hydrogen-bond acceptors (Lipinski definition) is 5. The van der Waals surface area contributed by atoms with Crippen LogP contribution in [0.4, 0.5) is 0 Å². The minimum Gasteiger partial charge on any atom is -0.497 e. The highest BCUT2D eigenvalue weighted by Gasteiger charge is 2.17. The van der Waals surface area contributed by atoms with Crippen molar-refractivity contribution in [1.29, 1.82) is 0 Å². The Hall–Kier alpha value is -2.93. The standard InChI is InChI=1S/C21H27N5O2/c1-14(2)26-20-16(12-24-26)9-17(11-22-20)21(27)23-13-19(25(3)4)15-7-6-8-18(10-15)28-5/h6-12,14,19H,13H2,1-5H3,(H,23,27). The molecule has 1 N–H and O–H groups in total. The van der Waals surface area contributed by atoms with E-state index in [9.17, 15) is 4.79 Å². The molecule has 0 spiro atoms. The van der Waals surface area contributed by atoms with Gasteiger partial charge in [0.15, 0.2) is 5.65 Å². The van der Waals surface area contributed by atoms with Crippen molar-refractivity contribution in [3.05, 3.63) is 53.9 Å². The predicted octanol–water partition coefficient (Wildman–Crippen LogP) is 3.05. The average Bonchev–Trinajstić information content (AvgIpc) is 3.11. The molecule has 7 nitrogen and oxygen atoms in total. The maximum Gasteiger partial charge on any atom is 0.252 e. The Morgan fingerprint density at radius 2 is 2.04 bits per heavy atom. The maximum atomic E-state index is 12.7. The zero-order chi connectivity index (χ0) is 20.3. The molecule has 28 heavy (non-hydrogen) atoms. The second kappa shape index (κ2) is 8.39. The molecule has 1 unspecified atom stereocenters. The number of carbonyl (C=O) groups excluding carboxylic acids is 1. The first-order chi connectivity index (χ1) is 13.4. The lowest BCUT2D eigenvalue weighted by atomic mass is 10.1.